The number of carbonyl (C=O) groups excluding carboxylic acids is 2. The van der Waals surface area contributed by atoms with E-state index in [2.05, 4.69) is 0 Å². The van der Waals surface area contributed by atoms with Gasteiger partial charge in [0.05, 0.1) is 0 Å². The summed E-state index contributed by atoms with van der Waals surface area (Å²) in [6.45, 7) is 3.85. The first-order valence-electron chi connectivity index (χ1n) is 5.64. The first-order chi connectivity index (χ1) is 8.00. The van der Waals surface area contributed by atoms with Crippen LogP contribution >= 0.6 is 0 Å². The molecule has 1 aromatic carbocycles. The Morgan fingerprint density at radius 2 is 1.82 bits per heavy atom. The third-order valence-corrected chi connectivity index (χ3v) is 2.27. The quantitative estimate of drug-likeness (QED) is 0.840. The van der Waals surface area contributed by atoms with Gasteiger partial charge in [-0.25, -0.2) is 0 Å². The summed E-state index contributed by atoms with van der Waals surface area (Å²) in [7, 11) is 0. The van der Waals surface area contributed by atoms with E-state index in [1.54, 1.807) is 12.1 Å². The Hall–Kier alpha value is -1.84. The van der Waals surface area contributed by atoms with Gasteiger partial charge in [0, 0.05) is 12.1 Å². The zero-order valence-electron chi connectivity index (χ0n) is 10.2. The van der Waals surface area contributed by atoms with E-state index in [0.29, 0.717) is 12.1 Å². The minimum atomic E-state index is -0.508. The number of nitrogens with zero attached hydrogens (tertiary/aromatic N) is 1. The topological polar surface area (TPSA) is 63.4 Å². The molecule has 0 atom stereocenters. The number of hydrogen-bond acceptors (Lipinski definition) is 2. The van der Waals surface area contributed by atoms with Crippen LogP contribution < -0.4 is 10.6 Å². The molecule has 0 aromatic heterocycles. The van der Waals surface area contributed by atoms with Gasteiger partial charge in [0.1, 0.15) is 6.54 Å². The highest BCUT2D eigenvalue weighted by Gasteiger charge is 2.18. The van der Waals surface area contributed by atoms with Gasteiger partial charge in [-0.3, -0.25) is 9.59 Å². The van der Waals surface area contributed by atoms with Crippen LogP contribution in [0.5, 0.6) is 0 Å². The maximum absolute atomic E-state index is 12.0. The molecular weight excluding hydrogens is 216 g/mol. The number of carbonyl (C=O) groups is 2. The maximum Gasteiger partial charge on any atom is 0.237 e. The zero-order valence-corrected chi connectivity index (χ0v) is 10.2. The summed E-state index contributed by atoms with van der Waals surface area (Å²) >= 11 is 0. The Kier molecular flexibility index (Phi) is 4.69. The number of benzene rings is 1. The van der Waals surface area contributed by atoms with Crippen molar-refractivity contribution in [3.8, 4) is 0 Å². The van der Waals surface area contributed by atoms with E-state index in [9.17, 15) is 9.59 Å². The predicted octanol–water partition coefficient (Wildman–Crippen LogP) is 1.55. The molecule has 0 unspecified atom stereocenters. The molecule has 4 nitrogen and oxygen atoms in total. The average Bonchev–Trinajstić information content (AvgIpc) is 2.25. The molecular formula is C13H18N2O2. The van der Waals surface area contributed by atoms with E-state index in [-0.39, 0.29) is 18.4 Å². The van der Waals surface area contributed by atoms with Gasteiger partial charge >= 0.3 is 0 Å². The van der Waals surface area contributed by atoms with Crippen LogP contribution in [0.2, 0.25) is 0 Å². The van der Waals surface area contributed by atoms with Crippen LogP contribution in [0.25, 0.3) is 0 Å². The van der Waals surface area contributed by atoms with Crippen molar-refractivity contribution in [3.05, 3.63) is 30.3 Å². The van der Waals surface area contributed by atoms with E-state index in [0.717, 1.165) is 0 Å². The van der Waals surface area contributed by atoms with Gasteiger partial charge in [-0.15, -0.1) is 0 Å². The summed E-state index contributed by atoms with van der Waals surface area (Å²) in [6.07, 6.45) is 0.405. The van der Waals surface area contributed by atoms with Crippen molar-refractivity contribution < 1.29 is 9.59 Å². The first-order valence-corrected chi connectivity index (χ1v) is 5.64. The summed E-state index contributed by atoms with van der Waals surface area (Å²) in [5, 5.41) is 0. The van der Waals surface area contributed by atoms with Crippen molar-refractivity contribution >= 4 is 17.5 Å². The van der Waals surface area contributed by atoms with Gasteiger partial charge in [-0.05, 0) is 18.1 Å². The minimum absolute atomic E-state index is 0.0738. The normalized spacial score (nSPS) is 10.3. The van der Waals surface area contributed by atoms with Crippen LogP contribution in [0.4, 0.5) is 5.69 Å². The molecule has 1 rings (SSSR count). The molecule has 0 heterocycles. The Balaban J connectivity index is 2.88. The van der Waals surface area contributed by atoms with Gasteiger partial charge < -0.3 is 10.6 Å². The van der Waals surface area contributed by atoms with Crippen molar-refractivity contribution in [2.75, 3.05) is 11.4 Å². The van der Waals surface area contributed by atoms with Crippen LogP contribution in [-0.4, -0.2) is 18.4 Å². The molecule has 0 radical (unpaired) electrons. The van der Waals surface area contributed by atoms with Gasteiger partial charge in [0.15, 0.2) is 0 Å². The number of nitrogens with two attached hydrogens (primary N) is 1. The SMILES string of the molecule is CC(C)CC(=O)N(CC(N)=O)c1ccccc1. The molecule has 0 aliphatic rings. The number of para-hydroxylation sites is 1. The molecule has 1 aromatic rings. The number of hydrogen-bond donors (Lipinski definition) is 1. The lowest BCUT2D eigenvalue weighted by atomic mass is 10.1. The van der Waals surface area contributed by atoms with Gasteiger partial charge in [-0.1, -0.05) is 32.0 Å². The van der Waals surface area contributed by atoms with E-state index in [1.165, 1.54) is 4.90 Å². The van der Waals surface area contributed by atoms with Crippen molar-refractivity contribution in [3.63, 3.8) is 0 Å². The molecule has 92 valence electrons. The van der Waals surface area contributed by atoms with Crippen LogP contribution in [0, 0.1) is 5.92 Å². The van der Waals surface area contributed by atoms with Crippen LogP contribution in [-0.2, 0) is 9.59 Å². The summed E-state index contributed by atoms with van der Waals surface area (Å²) < 4.78 is 0. The Morgan fingerprint density at radius 1 is 1.24 bits per heavy atom. The molecule has 0 fully saturated rings. The number of primary amides is 1. The Morgan fingerprint density at radius 3 is 2.29 bits per heavy atom. The number of rotatable bonds is 5. The van der Waals surface area contributed by atoms with Crippen LogP contribution in [0.3, 0.4) is 0 Å². The summed E-state index contributed by atoms with van der Waals surface area (Å²) in [4.78, 5) is 24.4. The molecule has 2 N–H and O–H groups in total. The smallest absolute Gasteiger partial charge is 0.237 e. The molecule has 0 saturated carbocycles. The van der Waals surface area contributed by atoms with E-state index in [4.69, 9.17) is 5.73 Å². The van der Waals surface area contributed by atoms with Crippen molar-refractivity contribution in [1.29, 1.82) is 0 Å². The molecule has 17 heavy (non-hydrogen) atoms. The Bertz CT molecular complexity index is 388. The molecule has 0 spiro atoms. The second-order valence-corrected chi connectivity index (χ2v) is 4.38. The highest BCUT2D eigenvalue weighted by Crippen LogP contribution is 2.15. The fourth-order valence-electron chi connectivity index (χ4n) is 1.55. The Labute approximate surface area is 101 Å². The number of anilines is 1. The monoisotopic (exact) mass is 234 g/mol. The molecule has 4 heteroatoms. The van der Waals surface area contributed by atoms with Crippen LogP contribution in [0.15, 0.2) is 30.3 Å². The minimum Gasteiger partial charge on any atom is -0.368 e. The molecule has 0 bridgehead atoms. The lowest BCUT2D eigenvalue weighted by Crippen LogP contribution is -2.39. The van der Waals surface area contributed by atoms with Crippen molar-refractivity contribution in [1.82, 2.24) is 0 Å². The van der Waals surface area contributed by atoms with Gasteiger partial charge in [0.2, 0.25) is 11.8 Å². The summed E-state index contributed by atoms with van der Waals surface area (Å²) in [6, 6.07) is 9.10. The molecule has 0 saturated heterocycles. The maximum atomic E-state index is 12.0. The highest BCUT2D eigenvalue weighted by atomic mass is 16.2. The van der Waals surface area contributed by atoms with E-state index in [1.807, 2.05) is 32.0 Å². The highest BCUT2D eigenvalue weighted by molar-refractivity contribution is 5.98. The average molecular weight is 234 g/mol. The van der Waals surface area contributed by atoms with Crippen LogP contribution in [0.1, 0.15) is 20.3 Å². The van der Waals surface area contributed by atoms with Crippen molar-refractivity contribution in [2.24, 2.45) is 11.7 Å². The zero-order chi connectivity index (χ0) is 12.8. The van der Waals surface area contributed by atoms with Crippen molar-refractivity contribution in [2.45, 2.75) is 20.3 Å². The number of amides is 2. The third kappa shape index (κ3) is 4.26. The molecule has 0 aliphatic carbocycles. The standard InChI is InChI=1S/C13H18N2O2/c1-10(2)8-13(17)15(9-12(14)16)11-6-4-3-5-7-11/h3-7,10H,8-9H2,1-2H3,(H2,14,16). The largest absolute Gasteiger partial charge is 0.368 e. The van der Waals surface area contributed by atoms with E-state index < -0.39 is 5.91 Å². The predicted molar refractivity (Wildman–Crippen MR) is 67.4 cm³/mol. The van der Waals surface area contributed by atoms with E-state index >= 15 is 0 Å². The molecule has 0 aliphatic heterocycles. The fraction of sp³-hybridized carbons (Fsp3) is 0.385. The summed E-state index contributed by atoms with van der Waals surface area (Å²) in [5.74, 6) is -0.336. The molecule has 2 amide bonds. The second kappa shape index (κ2) is 6.03. The first kappa shape index (κ1) is 13.2. The lowest BCUT2D eigenvalue weighted by molar-refractivity contribution is -0.122. The fourth-order valence-corrected chi connectivity index (χ4v) is 1.55. The van der Waals surface area contributed by atoms with Gasteiger partial charge in [0.25, 0.3) is 0 Å². The second-order valence-electron chi connectivity index (χ2n) is 4.38. The summed E-state index contributed by atoms with van der Waals surface area (Å²) in [5.41, 5.74) is 5.87. The van der Waals surface area contributed by atoms with Gasteiger partial charge in [-0.2, -0.15) is 0 Å². The third-order valence-electron chi connectivity index (χ3n) is 2.27. The lowest BCUT2D eigenvalue weighted by Gasteiger charge is -2.22.